The van der Waals surface area contributed by atoms with Crippen molar-refractivity contribution in [3.8, 4) is 0 Å². The van der Waals surface area contributed by atoms with Gasteiger partial charge in [-0.05, 0) is 64.4 Å². The average Bonchev–Trinajstić information content (AvgIpc) is 3.12. The molecule has 10 heteroatoms. The summed E-state index contributed by atoms with van der Waals surface area (Å²) in [6.45, 7) is 20.0. The van der Waals surface area contributed by atoms with Gasteiger partial charge < -0.3 is 14.8 Å². The Balaban J connectivity index is 0.000000557. The van der Waals surface area contributed by atoms with Gasteiger partial charge in [-0.3, -0.25) is 19.3 Å². The van der Waals surface area contributed by atoms with Crippen molar-refractivity contribution in [2.75, 3.05) is 18.6 Å². The highest BCUT2D eigenvalue weighted by molar-refractivity contribution is 6.77. The monoisotopic (exact) mass is 646 g/mol. The van der Waals surface area contributed by atoms with Gasteiger partial charge in [-0.1, -0.05) is 73.2 Å². The maximum absolute atomic E-state index is 14.5. The van der Waals surface area contributed by atoms with Gasteiger partial charge in [0, 0.05) is 40.8 Å². The molecule has 234 valence electrons. The van der Waals surface area contributed by atoms with E-state index >= 15 is 0 Å². The summed E-state index contributed by atoms with van der Waals surface area (Å²) in [6, 6.07) is 11.6. The van der Waals surface area contributed by atoms with Crippen LogP contribution in [0.4, 0.5) is 5.69 Å². The first kappa shape index (κ1) is 34.8. The van der Waals surface area contributed by atoms with Crippen molar-refractivity contribution in [1.29, 1.82) is 0 Å². The number of carbonyl (C=O) groups is 3. The van der Waals surface area contributed by atoms with Crippen LogP contribution in [0.1, 0.15) is 58.1 Å². The van der Waals surface area contributed by atoms with Crippen molar-refractivity contribution in [3.63, 3.8) is 0 Å². The highest BCUT2D eigenvalue weighted by Crippen LogP contribution is 2.57. The second-order valence-corrected chi connectivity index (χ2v) is 19.8. The molecule has 0 bridgehead atoms. The van der Waals surface area contributed by atoms with Gasteiger partial charge in [-0.2, -0.15) is 0 Å². The zero-order valence-electron chi connectivity index (χ0n) is 26.6. The summed E-state index contributed by atoms with van der Waals surface area (Å²) in [5.41, 5.74) is 0.871. The number of fused-ring (bicyclic) bond motifs is 2. The number of benzene rings is 2. The Morgan fingerprint density at radius 2 is 1.79 bits per heavy atom. The minimum atomic E-state index is -1.32. The van der Waals surface area contributed by atoms with E-state index in [9.17, 15) is 14.4 Å². The molecule has 7 nitrogen and oxygen atoms in total. The number of hydrogen-bond acceptors (Lipinski definition) is 5. The lowest BCUT2D eigenvalue weighted by Gasteiger charge is -2.47. The fourth-order valence-corrected chi connectivity index (χ4v) is 6.92. The number of nitrogens with one attached hydrogen (secondary N) is 1. The van der Waals surface area contributed by atoms with Crippen LogP contribution in [0.25, 0.3) is 0 Å². The van der Waals surface area contributed by atoms with Gasteiger partial charge in [-0.15, -0.1) is 0 Å². The van der Waals surface area contributed by atoms with Crippen LogP contribution in [-0.2, 0) is 29.3 Å². The van der Waals surface area contributed by atoms with Gasteiger partial charge in [0.15, 0.2) is 0 Å². The molecule has 2 amide bonds. The van der Waals surface area contributed by atoms with Crippen LogP contribution < -0.4 is 10.2 Å². The van der Waals surface area contributed by atoms with Gasteiger partial charge in [0.1, 0.15) is 17.6 Å². The summed E-state index contributed by atoms with van der Waals surface area (Å²) >= 11 is 13.1. The smallest absolute Gasteiger partial charge is 0.326 e. The highest BCUT2D eigenvalue weighted by atomic mass is 35.5. The molecular formula is C33H44Cl2N2O5Si. The Hall–Kier alpha value is -2.65. The number of amides is 2. The van der Waals surface area contributed by atoms with E-state index in [0.29, 0.717) is 32.6 Å². The molecule has 0 radical (unpaired) electrons. The van der Waals surface area contributed by atoms with Crippen molar-refractivity contribution in [3.05, 3.63) is 75.8 Å². The van der Waals surface area contributed by atoms with Crippen LogP contribution in [0.2, 0.25) is 29.7 Å². The third-order valence-electron chi connectivity index (χ3n) is 8.02. The quantitative estimate of drug-likeness (QED) is 0.206. The second-order valence-electron chi connectivity index (χ2n) is 13.4. The number of nitrogens with zero attached hydrogens (tertiary/aromatic N) is 1. The van der Waals surface area contributed by atoms with Crippen LogP contribution in [0.15, 0.2) is 54.6 Å². The van der Waals surface area contributed by atoms with Gasteiger partial charge >= 0.3 is 5.97 Å². The van der Waals surface area contributed by atoms with Crippen LogP contribution >= 0.6 is 23.2 Å². The average molecular weight is 648 g/mol. The fourth-order valence-electron chi connectivity index (χ4n) is 5.69. The summed E-state index contributed by atoms with van der Waals surface area (Å²) in [7, 11) is 0.798. The number of halogens is 2. The van der Waals surface area contributed by atoms with Crippen LogP contribution in [0, 0.1) is 0 Å². The van der Waals surface area contributed by atoms with Crippen molar-refractivity contribution in [2.24, 2.45) is 0 Å². The Bertz CT molecular complexity index is 1400. The second kappa shape index (κ2) is 13.1. The summed E-state index contributed by atoms with van der Waals surface area (Å²) in [4.78, 5) is 41.7. The number of piperidine rings is 1. The first-order valence-electron chi connectivity index (χ1n) is 14.4. The lowest BCUT2D eigenvalue weighted by atomic mass is 9.59. The first-order chi connectivity index (χ1) is 19.8. The van der Waals surface area contributed by atoms with E-state index in [-0.39, 0.29) is 24.8 Å². The van der Waals surface area contributed by atoms with Crippen LogP contribution in [-0.4, -0.2) is 56.9 Å². The SMILES string of the molecule is C=C(C)[C@@H]1NC(=O)C[C@@H](c2cccc(Cl)c2)[C@]12C(=O)N(CC(=O)OC(C)(C)C)c1cccc(Cl)c12.COC(C)[Si](C)(C)C. The Labute approximate surface area is 266 Å². The predicted octanol–water partition coefficient (Wildman–Crippen LogP) is 7.07. The van der Waals surface area contributed by atoms with Crippen molar-refractivity contribution in [1.82, 2.24) is 5.32 Å². The molecule has 0 saturated carbocycles. The molecule has 1 unspecified atom stereocenters. The van der Waals surface area contributed by atoms with Crippen LogP contribution in [0.3, 0.4) is 0 Å². The standard InChI is InChI=1S/C27H28Cl2N2O4.C6H16OSi/c1-15(2)24-27(18(13-21(32)30-24)16-8-6-9-17(28)12-16)23-19(29)10-7-11-20(23)31(25(27)34)14-22(33)35-26(3,4)5;1-6(7-2)8(3,4)5/h6-12,18,24H,1,13-14H2,2-5H3,(H,30,32);6H,1-5H3/t18-,24-,27+;/m0./s1. The van der Waals surface area contributed by atoms with Gasteiger partial charge in [-0.25, -0.2) is 0 Å². The normalized spacial score (nSPS) is 22.3. The molecule has 43 heavy (non-hydrogen) atoms. The molecule has 4 rings (SSSR count). The van der Waals surface area contributed by atoms with E-state index in [4.69, 9.17) is 32.7 Å². The molecule has 2 aromatic rings. The summed E-state index contributed by atoms with van der Waals surface area (Å²) in [5.74, 6) is -1.68. The molecule has 1 fully saturated rings. The number of methoxy groups -OCH3 is 1. The maximum atomic E-state index is 14.5. The Morgan fingerprint density at radius 3 is 2.30 bits per heavy atom. The molecule has 2 heterocycles. The summed E-state index contributed by atoms with van der Waals surface area (Å²) < 4.78 is 10.7. The molecule has 0 aliphatic carbocycles. The third kappa shape index (κ3) is 7.36. The van der Waals surface area contributed by atoms with E-state index < -0.39 is 37.0 Å². The Morgan fingerprint density at radius 1 is 1.16 bits per heavy atom. The number of ether oxygens (including phenoxy) is 2. The van der Waals surface area contributed by atoms with E-state index in [0.717, 1.165) is 5.56 Å². The molecular weight excluding hydrogens is 603 g/mol. The number of rotatable bonds is 6. The van der Waals surface area contributed by atoms with E-state index in [1.165, 1.54) is 4.90 Å². The summed E-state index contributed by atoms with van der Waals surface area (Å²) in [6.07, 6.45) is 0.0425. The minimum Gasteiger partial charge on any atom is -0.459 e. The first-order valence-corrected chi connectivity index (χ1v) is 18.7. The Kier molecular flexibility index (Phi) is 10.6. The zero-order valence-corrected chi connectivity index (χ0v) is 29.2. The molecule has 1 N–H and O–H groups in total. The molecule has 2 aromatic carbocycles. The molecule has 1 saturated heterocycles. The van der Waals surface area contributed by atoms with Gasteiger partial charge in [0.25, 0.3) is 0 Å². The lowest BCUT2D eigenvalue weighted by Crippen LogP contribution is -2.63. The topological polar surface area (TPSA) is 84.9 Å². The molecule has 2 aliphatic heterocycles. The molecule has 0 aromatic heterocycles. The van der Waals surface area contributed by atoms with E-state index in [1.807, 2.05) is 6.07 Å². The maximum Gasteiger partial charge on any atom is 0.326 e. The number of carbonyl (C=O) groups excluding carboxylic acids is 3. The largest absolute Gasteiger partial charge is 0.459 e. The molecule has 1 spiro atoms. The van der Waals surface area contributed by atoms with Crippen molar-refractivity contribution in [2.45, 2.75) is 89.4 Å². The van der Waals surface area contributed by atoms with E-state index in [2.05, 4.69) is 38.5 Å². The lowest BCUT2D eigenvalue weighted by molar-refractivity contribution is -0.154. The highest BCUT2D eigenvalue weighted by Gasteiger charge is 2.64. The van der Waals surface area contributed by atoms with Crippen molar-refractivity contribution >= 4 is 54.7 Å². The number of hydrogen-bond donors (Lipinski definition) is 1. The van der Waals surface area contributed by atoms with E-state index in [1.54, 1.807) is 71.2 Å². The summed E-state index contributed by atoms with van der Waals surface area (Å²) in [5, 5.41) is 3.84. The third-order valence-corrected chi connectivity index (χ3v) is 11.2. The zero-order chi connectivity index (χ0) is 32.5. The van der Waals surface area contributed by atoms with Gasteiger partial charge in [0.05, 0.1) is 19.8 Å². The fraction of sp³-hybridized carbons (Fsp3) is 0.485. The minimum absolute atomic E-state index is 0.0425. The van der Waals surface area contributed by atoms with Crippen LogP contribution in [0.5, 0.6) is 0 Å². The number of esters is 1. The predicted molar refractivity (Wildman–Crippen MR) is 177 cm³/mol. The number of anilines is 1. The van der Waals surface area contributed by atoms with Crippen molar-refractivity contribution < 1.29 is 23.9 Å². The molecule has 4 atom stereocenters. The molecule has 2 aliphatic rings. The van der Waals surface area contributed by atoms with Gasteiger partial charge in [0.2, 0.25) is 11.8 Å².